The zero-order valence-electron chi connectivity index (χ0n) is 19.2. The van der Waals surface area contributed by atoms with Crippen LogP contribution < -0.4 is 20.7 Å². The number of imide groups is 2. The van der Waals surface area contributed by atoms with E-state index in [1.807, 2.05) is 50.2 Å². The number of hydrogen-bond donors (Lipinski definition) is 3. The Balaban J connectivity index is 1.55. The summed E-state index contributed by atoms with van der Waals surface area (Å²) in [5.41, 5.74) is 2.30. The molecule has 0 aliphatic carbocycles. The number of anilines is 1. The molecule has 2 aromatic rings. The Morgan fingerprint density at radius 1 is 1.09 bits per heavy atom. The summed E-state index contributed by atoms with van der Waals surface area (Å²) < 4.78 is 5.14. The van der Waals surface area contributed by atoms with Gasteiger partial charge in [0.05, 0.1) is 7.11 Å². The molecular formula is C24H28N4O5. The van der Waals surface area contributed by atoms with E-state index in [0.29, 0.717) is 18.5 Å². The van der Waals surface area contributed by atoms with Crippen molar-refractivity contribution in [2.45, 2.75) is 39.2 Å². The summed E-state index contributed by atoms with van der Waals surface area (Å²) in [7, 11) is 1.58. The Hall–Kier alpha value is -3.88. The first kappa shape index (κ1) is 23.8. The second-order valence-electron chi connectivity index (χ2n) is 8.32. The normalized spacial score (nSPS) is 17.5. The fraction of sp³-hybridized carbons (Fsp3) is 0.333. The minimum Gasteiger partial charge on any atom is -0.497 e. The molecule has 0 radical (unpaired) electrons. The summed E-state index contributed by atoms with van der Waals surface area (Å²) in [6.45, 7) is 4.85. The number of aryl methyl sites for hydroxylation is 3. The van der Waals surface area contributed by atoms with Crippen LogP contribution in [0.3, 0.4) is 0 Å². The summed E-state index contributed by atoms with van der Waals surface area (Å²) in [6, 6.07) is 11.5. The molecule has 2 aromatic carbocycles. The van der Waals surface area contributed by atoms with Crippen molar-refractivity contribution in [3.05, 3.63) is 59.2 Å². The van der Waals surface area contributed by atoms with Crippen LogP contribution in [0.2, 0.25) is 0 Å². The highest BCUT2D eigenvalue weighted by atomic mass is 16.5. The van der Waals surface area contributed by atoms with Crippen molar-refractivity contribution in [2.24, 2.45) is 0 Å². The van der Waals surface area contributed by atoms with Crippen LogP contribution in [0.15, 0.2) is 42.5 Å². The quantitative estimate of drug-likeness (QED) is 0.559. The first-order valence-electron chi connectivity index (χ1n) is 10.6. The number of nitrogens with one attached hydrogen (secondary N) is 3. The average molecular weight is 453 g/mol. The summed E-state index contributed by atoms with van der Waals surface area (Å²) in [4.78, 5) is 50.6. The van der Waals surface area contributed by atoms with Crippen molar-refractivity contribution in [3.8, 4) is 5.75 Å². The van der Waals surface area contributed by atoms with Gasteiger partial charge in [-0.3, -0.25) is 19.8 Å². The number of amides is 6. The number of benzene rings is 2. The van der Waals surface area contributed by atoms with Gasteiger partial charge >= 0.3 is 12.1 Å². The Labute approximate surface area is 192 Å². The molecule has 1 saturated heterocycles. The number of ether oxygens (including phenoxy) is 1. The third kappa shape index (κ3) is 5.68. The first-order valence-corrected chi connectivity index (χ1v) is 10.6. The van der Waals surface area contributed by atoms with E-state index in [2.05, 4.69) is 16.0 Å². The highest BCUT2D eigenvalue weighted by molar-refractivity contribution is 6.10. The van der Waals surface area contributed by atoms with E-state index < -0.39 is 36.0 Å². The fourth-order valence-electron chi connectivity index (χ4n) is 3.66. The maximum atomic E-state index is 12.9. The molecule has 0 bridgehead atoms. The van der Waals surface area contributed by atoms with Crippen LogP contribution in [0.4, 0.5) is 15.3 Å². The maximum Gasteiger partial charge on any atom is 0.325 e. The topological polar surface area (TPSA) is 117 Å². The molecule has 1 fully saturated rings. The predicted octanol–water partition coefficient (Wildman–Crippen LogP) is 2.90. The zero-order valence-corrected chi connectivity index (χ0v) is 19.2. The molecular weight excluding hydrogens is 424 g/mol. The largest absolute Gasteiger partial charge is 0.497 e. The minimum absolute atomic E-state index is 0.356. The number of nitrogens with zero attached hydrogens (tertiary/aromatic N) is 1. The van der Waals surface area contributed by atoms with Crippen molar-refractivity contribution >= 4 is 29.6 Å². The van der Waals surface area contributed by atoms with Gasteiger partial charge in [0.15, 0.2) is 0 Å². The van der Waals surface area contributed by atoms with Gasteiger partial charge in [-0.2, -0.15) is 0 Å². The molecule has 174 valence electrons. The molecule has 6 amide bonds. The maximum absolute atomic E-state index is 12.9. The Morgan fingerprint density at radius 3 is 2.42 bits per heavy atom. The lowest BCUT2D eigenvalue weighted by molar-refractivity contribution is -0.134. The van der Waals surface area contributed by atoms with E-state index >= 15 is 0 Å². The lowest BCUT2D eigenvalue weighted by atomic mass is 9.93. The summed E-state index contributed by atoms with van der Waals surface area (Å²) >= 11 is 0. The predicted molar refractivity (Wildman–Crippen MR) is 123 cm³/mol. The zero-order chi connectivity index (χ0) is 24.2. The van der Waals surface area contributed by atoms with E-state index in [9.17, 15) is 19.2 Å². The number of carbonyl (C=O) groups excluding carboxylic acids is 4. The molecule has 1 aliphatic rings. The standard InChI is InChI=1S/C24H28N4O5/c1-15-5-10-19(16(2)13-15)25-22(31)26-20(29)14-28-21(30)24(3,27-23(28)32)12-11-17-6-8-18(33-4)9-7-17/h5-10,13H,11-12,14H2,1-4H3,(H,27,32)(H2,25,26,29,31)/t24-/m1/s1. The van der Waals surface area contributed by atoms with E-state index in [1.54, 1.807) is 20.1 Å². The molecule has 3 N–H and O–H groups in total. The van der Waals surface area contributed by atoms with Crippen LogP contribution in [-0.2, 0) is 16.0 Å². The average Bonchev–Trinajstić information content (AvgIpc) is 2.98. The van der Waals surface area contributed by atoms with Crippen molar-refractivity contribution in [1.29, 1.82) is 0 Å². The number of urea groups is 2. The van der Waals surface area contributed by atoms with E-state index in [4.69, 9.17) is 4.74 Å². The lowest BCUT2D eigenvalue weighted by Crippen LogP contribution is -2.46. The molecule has 1 atom stereocenters. The Morgan fingerprint density at radius 2 is 1.79 bits per heavy atom. The van der Waals surface area contributed by atoms with Crippen LogP contribution in [0.5, 0.6) is 5.75 Å². The SMILES string of the molecule is COc1ccc(CC[C@@]2(C)NC(=O)N(CC(=O)NC(=O)Nc3ccc(C)cc3C)C2=O)cc1. The summed E-state index contributed by atoms with van der Waals surface area (Å²) in [5, 5.41) is 7.42. The molecule has 0 aromatic heterocycles. The molecule has 33 heavy (non-hydrogen) atoms. The third-order valence-corrected chi connectivity index (χ3v) is 5.60. The van der Waals surface area contributed by atoms with Crippen LogP contribution in [0, 0.1) is 13.8 Å². The number of hydrogen-bond acceptors (Lipinski definition) is 5. The molecule has 0 unspecified atom stereocenters. The van der Waals surface area contributed by atoms with Crippen molar-refractivity contribution < 1.29 is 23.9 Å². The van der Waals surface area contributed by atoms with Crippen LogP contribution in [0.25, 0.3) is 0 Å². The number of rotatable bonds is 7. The van der Waals surface area contributed by atoms with Crippen molar-refractivity contribution in [2.75, 3.05) is 19.0 Å². The smallest absolute Gasteiger partial charge is 0.325 e. The monoisotopic (exact) mass is 452 g/mol. The highest BCUT2D eigenvalue weighted by Crippen LogP contribution is 2.24. The minimum atomic E-state index is -1.14. The molecule has 9 heteroatoms. The van der Waals surface area contributed by atoms with Crippen molar-refractivity contribution in [1.82, 2.24) is 15.5 Å². The van der Waals surface area contributed by atoms with Gasteiger partial charge in [-0.25, -0.2) is 9.59 Å². The van der Waals surface area contributed by atoms with E-state index in [-0.39, 0.29) is 0 Å². The van der Waals surface area contributed by atoms with Gasteiger partial charge in [0, 0.05) is 5.69 Å². The van der Waals surface area contributed by atoms with Crippen LogP contribution in [0.1, 0.15) is 30.0 Å². The van der Waals surface area contributed by atoms with Gasteiger partial charge in [-0.05, 0) is 62.9 Å². The van der Waals surface area contributed by atoms with Crippen LogP contribution in [-0.4, -0.2) is 48.0 Å². The molecule has 0 saturated carbocycles. The fourth-order valence-corrected chi connectivity index (χ4v) is 3.66. The second-order valence-corrected chi connectivity index (χ2v) is 8.32. The van der Waals surface area contributed by atoms with Gasteiger partial charge in [0.1, 0.15) is 17.8 Å². The molecule has 9 nitrogen and oxygen atoms in total. The molecule has 1 aliphatic heterocycles. The van der Waals surface area contributed by atoms with Crippen molar-refractivity contribution in [3.63, 3.8) is 0 Å². The lowest BCUT2D eigenvalue weighted by Gasteiger charge is -2.21. The molecule has 3 rings (SSSR count). The second kappa shape index (κ2) is 9.72. The molecule has 1 heterocycles. The van der Waals surface area contributed by atoms with Gasteiger partial charge in [-0.15, -0.1) is 0 Å². The third-order valence-electron chi connectivity index (χ3n) is 5.60. The first-order chi connectivity index (χ1) is 15.6. The number of methoxy groups -OCH3 is 1. The highest BCUT2D eigenvalue weighted by Gasteiger charge is 2.47. The van der Waals surface area contributed by atoms with Crippen LogP contribution >= 0.6 is 0 Å². The van der Waals surface area contributed by atoms with E-state index in [0.717, 1.165) is 27.3 Å². The Bertz CT molecular complexity index is 1080. The van der Waals surface area contributed by atoms with Gasteiger partial charge in [0.2, 0.25) is 5.91 Å². The van der Waals surface area contributed by atoms with Gasteiger partial charge in [0.25, 0.3) is 5.91 Å². The van der Waals surface area contributed by atoms with E-state index in [1.165, 1.54) is 0 Å². The summed E-state index contributed by atoms with van der Waals surface area (Å²) in [5.74, 6) is -0.542. The van der Waals surface area contributed by atoms with Gasteiger partial charge < -0.3 is 15.4 Å². The number of carbonyl (C=O) groups is 4. The Kier molecular flexibility index (Phi) is 7.01. The molecule has 0 spiro atoms. The summed E-state index contributed by atoms with van der Waals surface area (Å²) in [6.07, 6.45) is 0.903. The van der Waals surface area contributed by atoms with Gasteiger partial charge in [-0.1, -0.05) is 29.8 Å².